The Balaban J connectivity index is 2.21. The molecule has 1 amide bonds. The van der Waals surface area contributed by atoms with Gasteiger partial charge in [-0.25, -0.2) is 0 Å². The Morgan fingerprint density at radius 2 is 2.21 bits per heavy atom. The molecule has 14 heavy (non-hydrogen) atoms. The van der Waals surface area contributed by atoms with Crippen LogP contribution in [0.15, 0.2) is 18.2 Å². The van der Waals surface area contributed by atoms with E-state index in [2.05, 4.69) is 5.32 Å². The molecule has 0 aromatic heterocycles. The highest BCUT2D eigenvalue weighted by Gasteiger charge is 2.24. The average Bonchev–Trinajstić information content (AvgIpc) is 2.93. The number of rotatable bonds is 2. The minimum atomic E-state index is -0.132. The van der Waals surface area contributed by atoms with Crippen LogP contribution < -0.4 is 11.1 Å². The van der Waals surface area contributed by atoms with Crippen LogP contribution in [-0.4, -0.2) is 11.9 Å². The molecule has 1 saturated carbocycles. The van der Waals surface area contributed by atoms with Gasteiger partial charge in [-0.3, -0.25) is 4.79 Å². The van der Waals surface area contributed by atoms with Crippen molar-refractivity contribution in [2.24, 2.45) is 0 Å². The normalized spacial score (nSPS) is 15.2. The van der Waals surface area contributed by atoms with Crippen molar-refractivity contribution in [3.63, 3.8) is 0 Å². The van der Waals surface area contributed by atoms with Crippen LogP contribution in [0.5, 0.6) is 0 Å². The number of nitrogen functional groups attached to an aromatic ring is 1. The summed E-state index contributed by atoms with van der Waals surface area (Å²) in [5, 5.41) is 3.29. The molecular formula is C10H11ClN2O. The first kappa shape index (κ1) is 9.34. The minimum Gasteiger partial charge on any atom is -0.397 e. The van der Waals surface area contributed by atoms with Crippen molar-refractivity contribution in [3.05, 3.63) is 28.8 Å². The monoisotopic (exact) mass is 210 g/mol. The number of para-hydroxylation sites is 1. The highest BCUT2D eigenvalue weighted by molar-refractivity contribution is 6.33. The third kappa shape index (κ3) is 1.82. The standard InChI is InChI=1S/C10H11ClN2O/c11-8-3-1-2-7(9(8)12)10(14)13-6-4-5-6/h1-3,6H,4-5,12H2,(H,13,14). The van der Waals surface area contributed by atoms with E-state index in [4.69, 9.17) is 17.3 Å². The molecular weight excluding hydrogens is 200 g/mol. The zero-order chi connectivity index (χ0) is 10.1. The van der Waals surface area contributed by atoms with Crippen LogP contribution in [0.2, 0.25) is 5.02 Å². The number of carbonyl (C=O) groups is 1. The van der Waals surface area contributed by atoms with Crippen molar-refractivity contribution in [1.82, 2.24) is 5.32 Å². The zero-order valence-corrected chi connectivity index (χ0v) is 8.34. The van der Waals surface area contributed by atoms with Crippen LogP contribution in [0.25, 0.3) is 0 Å². The summed E-state index contributed by atoms with van der Waals surface area (Å²) in [6.45, 7) is 0. The molecule has 0 radical (unpaired) electrons. The number of nitrogens with one attached hydrogen (secondary N) is 1. The van der Waals surface area contributed by atoms with Crippen molar-refractivity contribution < 1.29 is 4.79 Å². The lowest BCUT2D eigenvalue weighted by Crippen LogP contribution is -2.26. The van der Waals surface area contributed by atoms with Gasteiger partial charge in [0.25, 0.3) is 5.91 Å². The summed E-state index contributed by atoms with van der Waals surface area (Å²) in [7, 11) is 0. The number of hydrogen-bond donors (Lipinski definition) is 2. The number of hydrogen-bond acceptors (Lipinski definition) is 2. The van der Waals surface area contributed by atoms with Crippen LogP contribution in [0.1, 0.15) is 23.2 Å². The molecule has 0 atom stereocenters. The van der Waals surface area contributed by atoms with Crippen molar-refractivity contribution in [1.29, 1.82) is 0 Å². The summed E-state index contributed by atoms with van der Waals surface area (Å²) >= 11 is 5.81. The first-order chi connectivity index (χ1) is 6.68. The molecule has 1 fully saturated rings. The smallest absolute Gasteiger partial charge is 0.253 e. The summed E-state index contributed by atoms with van der Waals surface area (Å²) in [4.78, 5) is 11.6. The molecule has 0 unspecified atom stereocenters. The van der Waals surface area contributed by atoms with E-state index in [0.717, 1.165) is 12.8 Å². The van der Waals surface area contributed by atoms with E-state index in [-0.39, 0.29) is 5.91 Å². The van der Waals surface area contributed by atoms with E-state index < -0.39 is 0 Å². The Morgan fingerprint density at radius 3 is 2.86 bits per heavy atom. The molecule has 4 heteroatoms. The molecule has 1 aromatic rings. The second kappa shape index (κ2) is 3.50. The van der Waals surface area contributed by atoms with Crippen molar-refractivity contribution in [2.75, 3.05) is 5.73 Å². The molecule has 0 bridgehead atoms. The number of anilines is 1. The van der Waals surface area contributed by atoms with Gasteiger partial charge in [0.1, 0.15) is 0 Å². The van der Waals surface area contributed by atoms with Crippen LogP contribution in [0.4, 0.5) is 5.69 Å². The largest absolute Gasteiger partial charge is 0.397 e. The highest BCUT2D eigenvalue weighted by Crippen LogP contribution is 2.24. The number of halogens is 1. The molecule has 0 aliphatic heterocycles. The van der Waals surface area contributed by atoms with Gasteiger partial charge in [0, 0.05) is 6.04 Å². The third-order valence-electron chi connectivity index (χ3n) is 2.21. The molecule has 2 rings (SSSR count). The van der Waals surface area contributed by atoms with E-state index in [1.165, 1.54) is 0 Å². The Morgan fingerprint density at radius 1 is 1.50 bits per heavy atom. The summed E-state index contributed by atoms with van der Waals surface area (Å²) in [6, 6.07) is 5.41. The Labute approximate surface area is 87.2 Å². The van der Waals surface area contributed by atoms with E-state index in [9.17, 15) is 4.79 Å². The van der Waals surface area contributed by atoms with Gasteiger partial charge in [-0.1, -0.05) is 17.7 Å². The van der Waals surface area contributed by atoms with Gasteiger partial charge in [-0.15, -0.1) is 0 Å². The SMILES string of the molecule is Nc1c(Cl)cccc1C(=O)NC1CC1. The molecule has 0 spiro atoms. The summed E-state index contributed by atoms with van der Waals surface area (Å²) in [5.41, 5.74) is 6.50. The van der Waals surface area contributed by atoms with Gasteiger partial charge in [0.15, 0.2) is 0 Å². The quantitative estimate of drug-likeness (QED) is 0.732. The van der Waals surface area contributed by atoms with Gasteiger partial charge < -0.3 is 11.1 Å². The predicted octanol–water partition coefficient (Wildman–Crippen LogP) is 1.81. The summed E-state index contributed by atoms with van der Waals surface area (Å²) < 4.78 is 0. The third-order valence-corrected chi connectivity index (χ3v) is 2.54. The first-order valence-electron chi connectivity index (χ1n) is 4.53. The lowest BCUT2D eigenvalue weighted by molar-refractivity contribution is 0.0952. The topological polar surface area (TPSA) is 55.1 Å². The van der Waals surface area contributed by atoms with Gasteiger partial charge in [-0.05, 0) is 25.0 Å². The predicted molar refractivity (Wildman–Crippen MR) is 56.4 cm³/mol. The van der Waals surface area contributed by atoms with E-state index in [1.807, 2.05) is 0 Å². The number of benzene rings is 1. The Kier molecular flexibility index (Phi) is 2.33. The molecule has 0 saturated heterocycles. The molecule has 0 heterocycles. The average molecular weight is 211 g/mol. The fourth-order valence-electron chi connectivity index (χ4n) is 1.23. The second-order valence-electron chi connectivity index (χ2n) is 3.45. The van der Waals surface area contributed by atoms with Gasteiger partial charge >= 0.3 is 0 Å². The van der Waals surface area contributed by atoms with Gasteiger partial charge in [0.2, 0.25) is 0 Å². The lowest BCUT2D eigenvalue weighted by Gasteiger charge is -2.06. The molecule has 3 nitrogen and oxygen atoms in total. The van der Waals surface area contributed by atoms with E-state index >= 15 is 0 Å². The van der Waals surface area contributed by atoms with Gasteiger partial charge in [0.05, 0.1) is 16.3 Å². The second-order valence-corrected chi connectivity index (χ2v) is 3.86. The first-order valence-corrected chi connectivity index (χ1v) is 4.91. The fraction of sp³-hybridized carbons (Fsp3) is 0.300. The molecule has 74 valence electrons. The maximum Gasteiger partial charge on any atom is 0.253 e. The van der Waals surface area contributed by atoms with E-state index in [1.54, 1.807) is 18.2 Å². The van der Waals surface area contributed by atoms with Crippen LogP contribution >= 0.6 is 11.6 Å². The lowest BCUT2D eigenvalue weighted by atomic mass is 10.1. The maximum atomic E-state index is 11.6. The fourth-order valence-corrected chi connectivity index (χ4v) is 1.40. The van der Waals surface area contributed by atoms with Gasteiger partial charge in [-0.2, -0.15) is 0 Å². The van der Waals surface area contributed by atoms with Crippen LogP contribution in [-0.2, 0) is 0 Å². The molecule has 1 aliphatic carbocycles. The van der Waals surface area contributed by atoms with Crippen molar-refractivity contribution in [3.8, 4) is 0 Å². The van der Waals surface area contributed by atoms with Crippen molar-refractivity contribution >= 4 is 23.2 Å². The highest BCUT2D eigenvalue weighted by atomic mass is 35.5. The number of amides is 1. The Hall–Kier alpha value is -1.22. The molecule has 1 aromatic carbocycles. The summed E-state index contributed by atoms with van der Waals surface area (Å²) in [6.07, 6.45) is 2.12. The number of carbonyl (C=O) groups excluding carboxylic acids is 1. The number of nitrogens with two attached hydrogens (primary N) is 1. The Bertz CT molecular complexity index is 374. The summed E-state index contributed by atoms with van der Waals surface area (Å²) in [5.74, 6) is -0.132. The van der Waals surface area contributed by atoms with Crippen LogP contribution in [0, 0.1) is 0 Å². The molecule has 1 aliphatic rings. The van der Waals surface area contributed by atoms with E-state index in [0.29, 0.717) is 22.3 Å². The van der Waals surface area contributed by atoms with Crippen LogP contribution in [0.3, 0.4) is 0 Å². The molecule has 3 N–H and O–H groups in total. The zero-order valence-electron chi connectivity index (χ0n) is 7.59. The van der Waals surface area contributed by atoms with Crippen molar-refractivity contribution in [2.45, 2.75) is 18.9 Å². The minimum absolute atomic E-state index is 0.132. The maximum absolute atomic E-state index is 11.6.